The zero-order valence-electron chi connectivity index (χ0n) is 9.28. The molecule has 0 saturated carbocycles. The Morgan fingerprint density at radius 2 is 1.64 bits per heavy atom. The second-order valence-electron chi connectivity index (χ2n) is 4.27. The summed E-state index contributed by atoms with van der Waals surface area (Å²) in [5.41, 5.74) is -2.71. The highest BCUT2D eigenvalue weighted by molar-refractivity contribution is 5.13. The van der Waals surface area contributed by atoms with Gasteiger partial charge in [-0.15, -0.1) is 0 Å². The highest BCUT2D eigenvalue weighted by Gasteiger charge is 2.51. The maximum atomic E-state index is 10.2. The van der Waals surface area contributed by atoms with E-state index in [0.29, 0.717) is 5.92 Å². The van der Waals surface area contributed by atoms with Crippen LogP contribution in [-0.2, 0) is 0 Å². The van der Waals surface area contributed by atoms with Crippen LogP contribution < -0.4 is 0 Å². The Hall–Kier alpha value is -0.160. The minimum atomic E-state index is -1.56. The van der Waals surface area contributed by atoms with Crippen LogP contribution in [0.2, 0.25) is 0 Å². The van der Waals surface area contributed by atoms with Crippen molar-refractivity contribution in [2.75, 3.05) is 13.2 Å². The molecule has 0 aliphatic carbocycles. The molecule has 0 amide bonds. The average molecular weight is 205 g/mol. The molecular formula is C10H21O4. The summed E-state index contributed by atoms with van der Waals surface area (Å²) in [6.07, 6.45) is -0.917. The zero-order chi connectivity index (χ0) is 11.6. The number of rotatable bonds is 5. The Morgan fingerprint density at radius 1 is 1.21 bits per heavy atom. The highest BCUT2D eigenvalue weighted by Crippen LogP contribution is 2.40. The Balaban J connectivity index is 5.15. The van der Waals surface area contributed by atoms with Gasteiger partial charge >= 0.3 is 0 Å². The van der Waals surface area contributed by atoms with E-state index in [4.69, 9.17) is 0 Å². The van der Waals surface area contributed by atoms with E-state index >= 15 is 0 Å². The van der Waals surface area contributed by atoms with Crippen molar-refractivity contribution in [1.29, 1.82) is 0 Å². The first kappa shape index (κ1) is 13.8. The molecule has 0 aliphatic rings. The lowest BCUT2D eigenvalue weighted by Crippen LogP contribution is -2.59. The number of hydrogen-bond donors (Lipinski definition) is 4. The molecule has 0 aromatic heterocycles. The van der Waals surface area contributed by atoms with E-state index in [1.54, 1.807) is 20.8 Å². The summed E-state index contributed by atoms with van der Waals surface area (Å²) in [7, 11) is 0. The first-order valence-corrected chi connectivity index (χ1v) is 4.69. The molecule has 3 unspecified atom stereocenters. The maximum Gasteiger partial charge on any atom is 0.103 e. The maximum absolute atomic E-state index is 10.2. The fourth-order valence-corrected chi connectivity index (χ4v) is 1.52. The summed E-state index contributed by atoms with van der Waals surface area (Å²) in [4.78, 5) is 0. The van der Waals surface area contributed by atoms with Crippen molar-refractivity contribution in [3.63, 3.8) is 0 Å². The molecule has 0 saturated heterocycles. The van der Waals surface area contributed by atoms with E-state index in [0.717, 1.165) is 0 Å². The summed E-state index contributed by atoms with van der Waals surface area (Å²) in [5.74, 6) is 0.567. The van der Waals surface area contributed by atoms with E-state index in [2.05, 4.69) is 0 Å². The van der Waals surface area contributed by atoms with Gasteiger partial charge in [0.25, 0.3) is 0 Å². The van der Waals surface area contributed by atoms with Crippen molar-refractivity contribution in [3.05, 3.63) is 5.92 Å². The lowest BCUT2D eigenvalue weighted by Gasteiger charge is -2.47. The minimum absolute atomic E-state index is 0.396. The van der Waals surface area contributed by atoms with Crippen molar-refractivity contribution in [1.82, 2.24) is 0 Å². The Kier molecular flexibility index (Phi) is 4.52. The molecule has 0 fully saturated rings. The number of hydrogen-bond acceptors (Lipinski definition) is 4. The van der Waals surface area contributed by atoms with E-state index in [1.807, 2.05) is 0 Å². The van der Waals surface area contributed by atoms with Crippen LogP contribution in [0.4, 0.5) is 0 Å². The second kappa shape index (κ2) is 4.57. The smallest absolute Gasteiger partial charge is 0.103 e. The third kappa shape index (κ3) is 1.93. The fourth-order valence-electron chi connectivity index (χ4n) is 1.52. The van der Waals surface area contributed by atoms with Crippen LogP contribution in [0.25, 0.3) is 0 Å². The molecule has 0 heterocycles. The first-order chi connectivity index (χ1) is 6.26. The normalized spacial score (nSPS) is 22.9. The van der Waals surface area contributed by atoms with E-state index in [9.17, 15) is 20.4 Å². The molecule has 0 rings (SSSR count). The molecule has 0 spiro atoms. The van der Waals surface area contributed by atoms with Gasteiger partial charge in [-0.1, -0.05) is 20.8 Å². The van der Waals surface area contributed by atoms with Crippen LogP contribution >= 0.6 is 0 Å². The quantitative estimate of drug-likeness (QED) is 0.497. The van der Waals surface area contributed by atoms with E-state index in [-0.39, 0.29) is 0 Å². The average Bonchev–Trinajstić information content (AvgIpc) is 2.14. The predicted molar refractivity (Wildman–Crippen MR) is 53.5 cm³/mol. The Labute approximate surface area is 85.2 Å². The van der Waals surface area contributed by atoms with E-state index in [1.165, 1.54) is 6.92 Å². The third-order valence-corrected chi connectivity index (χ3v) is 3.25. The molecule has 14 heavy (non-hydrogen) atoms. The van der Waals surface area contributed by atoms with E-state index < -0.39 is 30.3 Å². The standard InChI is InChI=1S/C10H21O4/c1-7(2)10(14,6-12)9(4,5-11)8(3)13/h8,11-14H,5-6H2,1-4H3. The van der Waals surface area contributed by atoms with Crippen LogP contribution in [0, 0.1) is 11.3 Å². The number of aliphatic hydroxyl groups excluding tert-OH is 3. The zero-order valence-corrected chi connectivity index (χ0v) is 9.28. The van der Waals surface area contributed by atoms with Crippen molar-refractivity contribution in [2.24, 2.45) is 5.41 Å². The Bertz CT molecular complexity index is 161. The summed E-state index contributed by atoms with van der Waals surface area (Å²) in [6, 6.07) is 0. The van der Waals surface area contributed by atoms with Gasteiger partial charge in [0.05, 0.1) is 19.3 Å². The topological polar surface area (TPSA) is 80.9 Å². The van der Waals surface area contributed by atoms with Crippen LogP contribution in [0.15, 0.2) is 0 Å². The lowest BCUT2D eigenvalue weighted by atomic mass is 9.65. The SMILES string of the molecule is C[C](C)C(O)(CO)C(C)(CO)C(C)O. The van der Waals surface area contributed by atoms with Gasteiger partial charge in [-0.3, -0.25) is 0 Å². The monoisotopic (exact) mass is 205 g/mol. The summed E-state index contributed by atoms with van der Waals surface area (Å²) in [5, 5.41) is 38.1. The van der Waals surface area contributed by atoms with Gasteiger partial charge < -0.3 is 20.4 Å². The van der Waals surface area contributed by atoms with Crippen LogP contribution in [-0.4, -0.2) is 45.3 Å². The molecule has 0 aromatic rings. The molecule has 4 heteroatoms. The van der Waals surface area contributed by atoms with Gasteiger partial charge in [0.15, 0.2) is 0 Å². The molecule has 0 aliphatic heterocycles. The fraction of sp³-hybridized carbons (Fsp3) is 0.900. The molecular weight excluding hydrogens is 184 g/mol. The minimum Gasteiger partial charge on any atom is -0.396 e. The van der Waals surface area contributed by atoms with Crippen molar-refractivity contribution in [2.45, 2.75) is 39.4 Å². The molecule has 85 valence electrons. The molecule has 0 bridgehead atoms. The molecule has 4 N–H and O–H groups in total. The first-order valence-electron chi connectivity index (χ1n) is 4.69. The van der Waals surface area contributed by atoms with Crippen molar-refractivity contribution in [3.8, 4) is 0 Å². The number of aliphatic hydroxyl groups is 4. The van der Waals surface area contributed by atoms with Crippen LogP contribution in [0.5, 0.6) is 0 Å². The molecule has 1 radical (unpaired) electrons. The van der Waals surface area contributed by atoms with Gasteiger partial charge in [0.2, 0.25) is 0 Å². The predicted octanol–water partition coefficient (Wildman–Crippen LogP) is -0.297. The summed E-state index contributed by atoms with van der Waals surface area (Å²) in [6.45, 7) is 5.43. The third-order valence-electron chi connectivity index (χ3n) is 3.25. The molecule has 3 atom stereocenters. The van der Waals surface area contributed by atoms with Crippen molar-refractivity contribution < 1.29 is 20.4 Å². The van der Waals surface area contributed by atoms with Crippen LogP contribution in [0.3, 0.4) is 0 Å². The molecule has 0 aromatic carbocycles. The van der Waals surface area contributed by atoms with Gasteiger partial charge in [0, 0.05) is 11.3 Å². The molecule has 4 nitrogen and oxygen atoms in total. The summed E-state index contributed by atoms with van der Waals surface area (Å²) >= 11 is 0. The lowest BCUT2D eigenvalue weighted by molar-refractivity contribution is -0.160. The van der Waals surface area contributed by atoms with Crippen molar-refractivity contribution >= 4 is 0 Å². The highest BCUT2D eigenvalue weighted by atomic mass is 16.3. The van der Waals surface area contributed by atoms with Crippen LogP contribution in [0.1, 0.15) is 27.7 Å². The van der Waals surface area contributed by atoms with Gasteiger partial charge in [-0.05, 0) is 6.92 Å². The largest absolute Gasteiger partial charge is 0.396 e. The second-order valence-corrected chi connectivity index (χ2v) is 4.27. The van der Waals surface area contributed by atoms with Gasteiger partial charge in [0.1, 0.15) is 5.60 Å². The van der Waals surface area contributed by atoms with Gasteiger partial charge in [-0.2, -0.15) is 0 Å². The Morgan fingerprint density at radius 3 is 1.71 bits per heavy atom. The summed E-state index contributed by atoms with van der Waals surface area (Å²) < 4.78 is 0. The van der Waals surface area contributed by atoms with Gasteiger partial charge in [-0.25, -0.2) is 0 Å².